The maximum absolute atomic E-state index is 12.8. The molecule has 1 aliphatic heterocycles. The molecule has 128 valence electrons. The van der Waals surface area contributed by atoms with Gasteiger partial charge in [0, 0.05) is 38.1 Å². The molecular weight excluding hydrogens is 320 g/mol. The lowest BCUT2D eigenvalue weighted by atomic mass is 9.85. The second kappa shape index (κ2) is 6.69. The van der Waals surface area contributed by atoms with E-state index in [9.17, 15) is 4.79 Å². The number of imidazole rings is 1. The summed E-state index contributed by atoms with van der Waals surface area (Å²) >= 11 is 1.77. The van der Waals surface area contributed by atoms with Gasteiger partial charge < -0.3 is 9.88 Å². The fraction of sp³-hybridized carbons (Fsp3) is 0.556. The van der Waals surface area contributed by atoms with Crippen molar-refractivity contribution in [2.75, 3.05) is 13.1 Å². The first-order valence-corrected chi connectivity index (χ1v) is 9.61. The van der Waals surface area contributed by atoms with Crippen LogP contribution in [-0.4, -0.2) is 33.4 Å². The second-order valence-electron chi connectivity index (χ2n) is 7.03. The average Bonchev–Trinajstić information content (AvgIpc) is 3.15. The maximum Gasteiger partial charge on any atom is 0.230 e. The third-order valence-corrected chi connectivity index (χ3v) is 6.13. The average molecular weight is 344 g/mol. The van der Waals surface area contributed by atoms with E-state index >= 15 is 0 Å². The largest absolute Gasteiger partial charge is 0.355 e. The topological polar surface area (TPSA) is 50.2 Å². The van der Waals surface area contributed by atoms with Crippen molar-refractivity contribution in [1.29, 1.82) is 0 Å². The van der Waals surface area contributed by atoms with Gasteiger partial charge in [-0.25, -0.2) is 4.98 Å². The van der Waals surface area contributed by atoms with Crippen molar-refractivity contribution >= 4 is 17.2 Å². The third kappa shape index (κ3) is 3.13. The van der Waals surface area contributed by atoms with Crippen LogP contribution in [0.2, 0.25) is 0 Å². The highest BCUT2D eigenvalue weighted by molar-refractivity contribution is 7.09. The fourth-order valence-electron chi connectivity index (χ4n) is 3.69. The number of aryl methyl sites for hydroxylation is 1. The first-order chi connectivity index (χ1) is 11.7. The molecule has 1 atom stereocenters. The van der Waals surface area contributed by atoms with E-state index in [1.807, 2.05) is 17.9 Å². The Morgan fingerprint density at radius 3 is 3.04 bits per heavy atom. The summed E-state index contributed by atoms with van der Waals surface area (Å²) in [6.07, 6.45) is 5.66. The minimum atomic E-state index is -0.124. The number of amides is 1. The van der Waals surface area contributed by atoms with Crippen molar-refractivity contribution < 1.29 is 4.79 Å². The quantitative estimate of drug-likeness (QED) is 0.907. The fourth-order valence-corrected chi connectivity index (χ4v) is 4.44. The van der Waals surface area contributed by atoms with Crippen molar-refractivity contribution in [3.05, 3.63) is 40.1 Å². The number of hydrogen-bond acceptors (Lipinski definition) is 4. The summed E-state index contributed by atoms with van der Waals surface area (Å²) in [7, 11) is 1.99. The molecule has 1 N–H and O–H groups in total. The molecule has 0 bridgehead atoms. The number of thiophene rings is 1. The number of nitrogens with one attached hydrogen (secondary N) is 1. The number of fused-ring (bicyclic) bond motifs is 1. The lowest BCUT2D eigenvalue weighted by Crippen LogP contribution is -2.43. The van der Waals surface area contributed by atoms with Gasteiger partial charge in [0.15, 0.2) is 0 Å². The van der Waals surface area contributed by atoms with Crippen molar-refractivity contribution in [2.24, 2.45) is 13.0 Å². The summed E-state index contributed by atoms with van der Waals surface area (Å²) < 4.78 is 2.02. The van der Waals surface area contributed by atoms with E-state index in [0.717, 1.165) is 37.6 Å². The van der Waals surface area contributed by atoms with Crippen LogP contribution in [0.4, 0.5) is 0 Å². The molecular formula is C18H24N4OS. The molecule has 1 aliphatic carbocycles. The van der Waals surface area contributed by atoms with Gasteiger partial charge in [-0.1, -0.05) is 12.5 Å². The van der Waals surface area contributed by atoms with Crippen LogP contribution in [0.1, 0.15) is 41.4 Å². The Bertz CT molecular complexity index is 705. The highest BCUT2D eigenvalue weighted by Gasteiger charge is 2.34. The van der Waals surface area contributed by atoms with Crippen LogP contribution in [0.3, 0.4) is 0 Å². The van der Waals surface area contributed by atoms with Crippen LogP contribution in [0, 0.1) is 5.92 Å². The number of carbonyl (C=O) groups is 1. The summed E-state index contributed by atoms with van der Waals surface area (Å²) in [6, 6.07) is 4.24. The second-order valence-corrected chi connectivity index (χ2v) is 8.06. The van der Waals surface area contributed by atoms with Crippen molar-refractivity contribution in [3.8, 4) is 0 Å². The molecule has 2 aromatic rings. The van der Waals surface area contributed by atoms with Crippen molar-refractivity contribution in [1.82, 2.24) is 19.8 Å². The van der Waals surface area contributed by atoms with Crippen molar-refractivity contribution in [2.45, 2.75) is 38.3 Å². The van der Waals surface area contributed by atoms with Crippen LogP contribution >= 0.6 is 11.3 Å². The summed E-state index contributed by atoms with van der Waals surface area (Å²) in [5.41, 5.74) is 2.13. The van der Waals surface area contributed by atoms with Gasteiger partial charge in [0.1, 0.15) is 0 Å². The Balaban J connectivity index is 1.49. The number of aromatic nitrogens is 2. The van der Waals surface area contributed by atoms with Gasteiger partial charge in [0.2, 0.25) is 5.91 Å². The molecule has 2 aromatic heterocycles. The van der Waals surface area contributed by atoms with Gasteiger partial charge in [-0.3, -0.25) is 9.69 Å². The predicted molar refractivity (Wildman–Crippen MR) is 94.7 cm³/mol. The van der Waals surface area contributed by atoms with Gasteiger partial charge in [-0.05, 0) is 30.2 Å². The smallest absolute Gasteiger partial charge is 0.230 e. The number of hydrogen-bond donors (Lipinski definition) is 1. The molecule has 3 heterocycles. The van der Waals surface area contributed by atoms with E-state index < -0.39 is 0 Å². The van der Waals surface area contributed by atoms with Gasteiger partial charge in [0.05, 0.1) is 23.6 Å². The summed E-state index contributed by atoms with van der Waals surface area (Å²) in [6.45, 7) is 3.30. The summed E-state index contributed by atoms with van der Waals surface area (Å²) in [4.78, 5) is 21.0. The molecule has 24 heavy (non-hydrogen) atoms. The molecule has 0 radical (unpaired) electrons. The Kier molecular flexibility index (Phi) is 4.41. The Morgan fingerprint density at radius 2 is 2.33 bits per heavy atom. The van der Waals surface area contributed by atoms with E-state index in [1.165, 1.54) is 24.1 Å². The van der Waals surface area contributed by atoms with E-state index in [2.05, 4.69) is 32.7 Å². The van der Waals surface area contributed by atoms with E-state index in [0.29, 0.717) is 5.92 Å². The summed E-state index contributed by atoms with van der Waals surface area (Å²) in [5.74, 6) is 0.717. The lowest BCUT2D eigenvalue weighted by molar-refractivity contribution is -0.123. The summed E-state index contributed by atoms with van der Waals surface area (Å²) in [5, 5.41) is 5.29. The zero-order chi connectivity index (χ0) is 16.5. The van der Waals surface area contributed by atoms with Crippen LogP contribution in [0.25, 0.3) is 0 Å². The standard InChI is InChI=1S/C18H24N4OS/c1-21-12-20-16-11-22(9-14-6-3-7-24-14)10-15(17(16)21)18(23)19-8-13-4-2-5-13/h3,6-7,12-13,15H,2,4-5,8-11H2,1H3,(H,19,23). The monoisotopic (exact) mass is 344 g/mol. The first kappa shape index (κ1) is 15.8. The predicted octanol–water partition coefficient (Wildman–Crippen LogP) is 2.50. The van der Waals surface area contributed by atoms with Crippen molar-refractivity contribution in [3.63, 3.8) is 0 Å². The maximum atomic E-state index is 12.8. The minimum absolute atomic E-state index is 0.124. The number of nitrogens with zero attached hydrogens (tertiary/aromatic N) is 3. The Morgan fingerprint density at radius 1 is 1.46 bits per heavy atom. The molecule has 5 nitrogen and oxygen atoms in total. The molecule has 1 amide bonds. The molecule has 1 fully saturated rings. The minimum Gasteiger partial charge on any atom is -0.355 e. The van der Waals surface area contributed by atoms with E-state index in [-0.39, 0.29) is 11.8 Å². The molecule has 1 unspecified atom stereocenters. The SMILES string of the molecule is Cn1cnc2c1C(C(=O)NCC1CCC1)CN(Cc1cccs1)C2. The van der Waals surface area contributed by atoms with E-state index in [1.54, 1.807) is 11.3 Å². The zero-order valence-corrected chi connectivity index (χ0v) is 14.9. The third-order valence-electron chi connectivity index (χ3n) is 5.27. The molecule has 6 heteroatoms. The van der Waals surface area contributed by atoms with Gasteiger partial charge in [0.25, 0.3) is 0 Å². The Hall–Kier alpha value is -1.66. The normalized spacial score (nSPS) is 21.3. The highest BCUT2D eigenvalue weighted by Crippen LogP contribution is 2.30. The van der Waals surface area contributed by atoms with Gasteiger partial charge in [-0.2, -0.15) is 0 Å². The van der Waals surface area contributed by atoms with E-state index in [4.69, 9.17) is 0 Å². The molecule has 0 aromatic carbocycles. The lowest BCUT2D eigenvalue weighted by Gasteiger charge is -2.33. The first-order valence-electron chi connectivity index (χ1n) is 8.73. The van der Waals surface area contributed by atoms with Crippen LogP contribution in [-0.2, 0) is 24.9 Å². The molecule has 1 saturated carbocycles. The molecule has 2 aliphatic rings. The molecule has 0 spiro atoms. The number of carbonyl (C=O) groups excluding carboxylic acids is 1. The number of rotatable bonds is 5. The molecule has 4 rings (SSSR count). The highest BCUT2D eigenvalue weighted by atomic mass is 32.1. The molecule has 0 saturated heterocycles. The van der Waals surface area contributed by atoms with Crippen LogP contribution in [0.15, 0.2) is 23.8 Å². The zero-order valence-electron chi connectivity index (χ0n) is 14.1. The van der Waals surface area contributed by atoms with Gasteiger partial charge >= 0.3 is 0 Å². The Labute approximate surface area is 146 Å². The van der Waals surface area contributed by atoms with Gasteiger partial charge in [-0.15, -0.1) is 11.3 Å². The van der Waals surface area contributed by atoms with Crippen LogP contribution in [0.5, 0.6) is 0 Å². The van der Waals surface area contributed by atoms with Crippen LogP contribution < -0.4 is 5.32 Å².